The second kappa shape index (κ2) is 2.56. The fourth-order valence-corrected chi connectivity index (χ4v) is 1.24. The smallest absolute Gasteiger partial charge is 0.346 e. The van der Waals surface area contributed by atoms with E-state index in [2.05, 4.69) is 15.5 Å². The van der Waals surface area contributed by atoms with E-state index in [4.69, 9.17) is 0 Å². The fraction of sp³-hybridized carbons (Fsp3) is 0.500. The summed E-state index contributed by atoms with van der Waals surface area (Å²) in [5.74, 6) is 0.283. The van der Waals surface area contributed by atoms with Crippen LogP contribution < -0.4 is 5.32 Å². The summed E-state index contributed by atoms with van der Waals surface area (Å²) < 4.78 is 0. The first kappa shape index (κ1) is 7.23. The number of aromatic amines is 1. The number of aromatic nitrogens is 2. The summed E-state index contributed by atoms with van der Waals surface area (Å²) in [6.07, 6.45) is 1.53. The molecule has 6 nitrogen and oxygen atoms in total. The minimum atomic E-state index is -0.430. The molecule has 6 heteroatoms. The van der Waals surface area contributed by atoms with E-state index in [1.807, 2.05) is 0 Å². The monoisotopic (exact) mass is 168 g/mol. The maximum absolute atomic E-state index is 10.4. The fourth-order valence-electron chi connectivity index (χ4n) is 1.24. The Morgan fingerprint density at radius 3 is 2.92 bits per heavy atom. The molecular weight excluding hydrogens is 160 g/mol. The highest BCUT2D eigenvalue weighted by Gasteiger charge is 2.27. The maximum atomic E-state index is 10.4. The lowest BCUT2D eigenvalue weighted by atomic mass is 9.96. The molecule has 0 radical (unpaired) electrons. The first-order chi connectivity index (χ1) is 5.79. The topological polar surface area (TPSA) is 83.8 Å². The maximum Gasteiger partial charge on any atom is 0.346 e. The van der Waals surface area contributed by atoms with Crippen molar-refractivity contribution in [2.45, 2.75) is 5.92 Å². The predicted molar refractivity (Wildman–Crippen MR) is 40.9 cm³/mol. The van der Waals surface area contributed by atoms with Gasteiger partial charge in [-0.05, 0) is 4.92 Å². The van der Waals surface area contributed by atoms with Crippen LogP contribution in [0.3, 0.4) is 0 Å². The third-order valence-corrected chi connectivity index (χ3v) is 2.05. The van der Waals surface area contributed by atoms with E-state index in [1.165, 1.54) is 6.20 Å². The van der Waals surface area contributed by atoms with Crippen LogP contribution >= 0.6 is 0 Å². The summed E-state index contributed by atoms with van der Waals surface area (Å²) >= 11 is 0. The molecule has 0 spiro atoms. The quantitative estimate of drug-likeness (QED) is 0.481. The average Bonchev–Trinajstić information content (AvgIpc) is 2.31. The van der Waals surface area contributed by atoms with Crippen molar-refractivity contribution >= 4 is 5.82 Å². The zero-order valence-electron chi connectivity index (χ0n) is 6.28. The normalized spacial score (nSPS) is 17.3. The van der Waals surface area contributed by atoms with Gasteiger partial charge in [0.1, 0.15) is 0 Å². The Hall–Kier alpha value is -1.43. The van der Waals surface area contributed by atoms with Gasteiger partial charge in [-0.3, -0.25) is 0 Å². The minimum absolute atomic E-state index is 0.0292. The third kappa shape index (κ3) is 0.964. The zero-order chi connectivity index (χ0) is 8.55. The second-order valence-electron chi connectivity index (χ2n) is 2.79. The number of rotatable bonds is 2. The molecule has 0 unspecified atom stereocenters. The molecule has 2 rings (SSSR count). The first-order valence-corrected chi connectivity index (χ1v) is 3.67. The van der Waals surface area contributed by atoms with Crippen LogP contribution in [-0.4, -0.2) is 28.2 Å². The van der Waals surface area contributed by atoms with Crippen LogP contribution in [0.4, 0.5) is 5.82 Å². The lowest BCUT2D eigenvalue weighted by molar-refractivity contribution is -0.390. The number of H-pyrrole nitrogens is 1. The van der Waals surface area contributed by atoms with E-state index in [9.17, 15) is 10.1 Å². The van der Waals surface area contributed by atoms with Crippen molar-refractivity contribution in [1.82, 2.24) is 15.5 Å². The molecular formula is C6H8N4O2. The number of nitrogens with zero attached hydrogens (tertiary/aromatic N) is 2. The second-order valence-corrected chi connectivity index (χ2v) is 2.79. The van der Waals surface area contributed by atoms with Gasteiger partial charge in [0.25, 0.3) is 0 Å². The lowest BCUT2D eigenvalue weighted by Crippen LogP contribution is -2.39. The van der Waals surface area contributed by atoms with Crippen LogP contribution in [0.5, 0.6) is 0 Å². The van der Waals surface area contributed by atoms with Gasteiger partial charge in [-0.1, -0.05) is 5.10 Å². The van der Waals surface area contributed by atoms with E-state index >= 15 is 0 Å². The molecule has 1 aromatic heterocycles. The molecule has 1 fully saturated rings. The van der Waals surface area contributed by atoms with Gasteiger partial charge in [0, 0.05) is 19.0 Å². The van der Waals surface area contributed by atoms with Crippen LogP contribution in [0, 0.1) is 10.1 Å². The summed E-state index contributed by atoms with van der Waals surface area (Å²) in [6, 6.07) is 0. The highest BCUT2D eigenvalue weighted by atomic mass is 16.6. The van der Waals surface area contributed by atoms with Crippen molar-refractivity contribution in [3.8, 4) is 0 Å². The van der Waals surface area contributed by atoms with Crippen LogP contribution in [0.25, 0.3) is 0 Å². The van der Waals surface area contributed by atoms with Gasteiger partial charge < -0.3 is 15.4 Å². The van der Waals surface area contributed by atoms with Gasteiger partial charge in [-0.15, -0.1) is 5.10 Å². The largest absolute Gasteiger partial charge is 0.358 e. The molecule has 0 aromatic carbocycles. The Labute approximate surface area is 68.1 Å². The molecule has 1 aliphatic heterocycles. The van der Waals surface area contributed by atoms with Crippen molar-refractivity contribution in [3.63, 3.8) is 0 Å². The Morgan fingerprint density at radius 1 is 1.67 bits per heavy atom. The molecule has 0 bridgehead atoms. The van der Waals surface area contributed by atoms with E-state index in [-0.39, 0.29) is 11.7 Å². The molecule has 0 amide bonds. The van der Waals surface area contributed by atoms with E-state index in [0.717, 1.165) is 13.1 Å². The zero-order valence-corrected chi connectivity index (χ0v) is 6.28. The van der Waals surface area contributed by atoms with Crippen LogP contribution in [0.2, 0.25) is 0 Å². The average molecular weight is 168 g/mol. The highest BCUT2D eigenvalue weighted by Crippen LogP contribution is 2.26. The Balaban J connectivity index is 2.29. The molecule has 1 saturated heterocycles. The van der Waals surface area contributed by atoms with Gasteiger partial charge in [0.15, 0.2) is 0 Å². The Morgan fingerprint density at radius 2 is 2.42 bits per heavy atom. The molecule has 0 aliphatic carbocycles. The van der Waals surface area contributed by atoms with Crippen molar-refractivity contribution in [1.29, 1.82) is 0 Å². The molecule has 1 aliphatic rings. The minimum Gasteiger partial charge on any atom is -0.358 e. The SMILES string of the molecule is O=[N+]([O-])c1[nH]ncc1C1CNC1. The van der Waals surface area contributed by atoms with Crippen LogP contribution in [-0.2, 0) is 0 Å². The van der Waals surface area contributed by atoms with Gasteiger partial charge >= 0.3 is 5.82 Å². The summed E-state index contributed by atoms with van der Waals surface area (Å²) in [5, 5.41) is 19.5. The van der Waals surface area contributed by atoms with E-state index in [1.54, 1.807) is 0 Å². The molecule has 2 N–H and O–H groups in total. The van der Waals surface area contributed by atoms with Gasteiger partial charge in [0.2, 0.25) is 0 Å². The number of nitro groups is 1. The standard InChI is InChI=1S/C6H8N4O2/c11-10(12)6-5(3-8-9-6)4-1-7-2-4/h3-4,7H,1-2H2,(H,8,9). The van der Waals surface area contributed by atoms with Crippen molar-refractivity contribution < 1.29 is 4.92 Å². The number of nitrogens with one attached hydrogen (secondary N) is 2. The first-order valence-electron chi connectivity index (χ1n) is 3.67. The predicted octanol–water partition coefficient (Wildman–Crippen LogP) is 0.00470. The van der Waals surface area contributed by atoms with Crippen LogP contribution in [0.15, 0.2) is 6.20 Å². The number of hydrogen-bond acceptors (Lipinski definition) is 4. The van der Waals surface area contributed by atoms with Gasteiger partial charge in [-0.25, -0.2) is 0 Å². The summed E-state index contributed by atoms with van der Waals surface area (Å²) in [7, 11) is 0. The molecule has 1 aromatic rings. The van der Waals surface area contributed by atoms with Crippen molar-refractivity contribution in [2.24, 2.45) is 0 Å². The summed E-state index contributed by atoms with van der Waals surface area (Å²) in [6.45, 7) is 1.61. The van der Waals surface area contributed by atoms with E-state index in [0.29, 0.717) is 5.56 Å². The van der Waals surface area contributed by atoms with Crippen LogP contribution in [0.1, 0.15) is 11.5 Å². The molecule has 64 valence electrons. The Bertz CT molecular complexity index is 304. The summed E-state index contributed by atoms with van der Waals surface area (Å²) in [5.41, 5.74) is 0.707. The molecule has 0 saturated carbocycles. The third-order valence-electron chi connectivity index (χ3n) is 2.05. The molecule has 12 heavy (non-hydrogen) atoms. The molecule has 2 heterocycles. The lowest BCUT2D eigenvalue weighted by Gasteiger charge is -2.25. The van der Waals surface area contributed by atoms with Crippen molar-refractivity contribution in [2.75, 3.05) is 13.1 Å². The highest BCUT2D eigenvalue weighted by molar-refractivity contribution is 5.34. The number of hydrogen-bond donors (Lipinski definition) is 2. The van der Waals surface area contributed by atoms with E-state index < -0.39 is 4.92 Å². The van der Waals surface area contributed by atoms with Gasteiger partial charge in [-0.2, -0.15) is 0 Å². The van der Waals surface area contributed by atoms with Crippen molar-refractivity contribution in [3.05, 3.63) is 21.9 Å². The molecule has 0 atom stereocenters. The van der Waals surface area contributed by atoms with Gasteiger partial charge in [0.05, 0.1) is 11.8 Å². The summed E-state index contributed by atoms with van der Waals surface area (Å²) in [4.78, 5) is 10.0. The Kier molecular flexibility index (Phi) is 1.54.